The molecule has 19 heavy (non-hydrogen) atoms. The molecular formula is C14H10BrCl2FO. The zero-order valence-electron chi connectivity index (χ0n) is 9.96. The van der Waals surface area contributed by atoms with Gasteiger partial charge in [0.2, 0.25) is 0 Å². The molecule has 0 aliphatic heterocycles. The molecule has 1 atom stereocenters. The standard InChI is InChI=1S/C14H10BrCl2FO/c1-19-13-5-3-9(16)7-10(13)14(15)8-2-4-12(18)11(17)6-8/h2-7,14H,1H3. The van der Waals surface area contributed by atoms with Gasteiger partial charge in [0.05, 0.1) is 17.0 Å². The summed E-state index contributed by atoms with van der Waals surface area (Å²) in [6.45, 7) is 0. The van der Waals surface area contributed by atoms with E-state index in [0.717, 1.165) is 11.1 Å². The van der Waals surface area contributed by atoms with E-state index < -0.39 is 5.82 Å². The van der Waals surface area contributed by atoms with Crippen LogP contribution in [0.5, 0.6) is 5.75 Å². The molecule has 0 aromatic heterocycles. The Labute approximate surface area is 129 Å². The van der Waals surface area contributed by atoms with Crippen LogP contribution in [0, 0.1) is 5.82 Å². The van der Waals surface area contributed by atoms with Crippen molar-refractivity contribution >= 4 is 39.1 Å². The van der Waals surface area contributed by atoms with Crippen molar-refractivity contribution in [2.75, 3.05) is 7.11 Å². The first-order valence-electron chi connectivity index (χ1n) is 5.45. The normalized spacial score (nSPS) is 12.3. The summed E-state index contributed by atoms with van der Waals surface area (Å²) in [5.41, 5.74) is 1.68. The number of ether oxygens (including phenoxy) is 1. The Morgan fingerprint density at radius 2 is 1.89 bits per heavy atom. The molecule has 0 spiro atoms. The Morgan fingerprint density at radius 1 is 1.16 bits per heavy atom. The fourth-order valence-electron chi connectivity index (χ4n) is 1.75. The zero-order chi connectivity index (χ0) is 14.0. The van der Waals surface area contributed by atoms with Crippen LogP contribution >= 0.6 is 39.1 Å². The lowest BCUT2D eigenvalue weighted by molar-refractivity contribution is 0.410. The first-order chi connectivity index (χ1) is 9.02. The van der Waals surface area contributed by atoms with Crippen molar-refractivity contribution in [2.45, 2.75) is 4.83 Å². The molecule has 2 rings (SSSR count). The van der Waals surface area contributed by atoms with Crippen molar-refractivity contribution < 1.29 is 9.13 Å². The zero-order valence-corrected chi connectivity index (χ0v) is 13.1. The second-order valence-electron chi connectivity index (χ2n) is 3.92. The molecule has 0 saturated heterocycles. The van der Waals surface area contributed by atoms with Crippen LogP contribution in [-0.2, 0) is 0 Å². The summed E-state index contributed by atoms with van der Waals surface area (Å²) >= 11 is 15.4. The van der Waals surface area contributed by atoms with Gasteiger partial charge in [0.1, 0.15) is 11.6 Å². The van der Waals surface area contributed by atoms with Gasteiger partial charge in [-0.1, -0.05) is 45.2 Å². The maximum atomic E-state index is 13.2. The highest BCUT2D eigenvalue weighted by Gasteiger charge is 2.17. The van der Waals surface area contributed by atoms with Crippen LogP contribution in [0.2, 0.25) is 10.0 Å². The smallest absolute Gasteiger partial charge is 0.141 e. The second-order valence-corrected chi connectivity index (χ2v) is 5.68. The third-order valence-corrected chi connectivity index (χ3v) is 4.25. The average molecular weight is 364 g/mol. The summed E-state index contributed by atoms with van der Waals surface area (Å²) in [5, 5.41) is 0.691. The molecule has 2 aromatic carbocycles. The lowest BCUT2D eigenvalue weighted by Crippen LogP contribution is -1.97. The SMILES string of the molecule is COc1ccc(Cl)cc1C(Br)c1ccc(F)c(Cl)c1. The lowest BCUT2D eigenvalue weighted by Gasteiger charge is -2.15. The number of benzene rings is 2. The Kier molecular flexibility index (Phi) is 4.71. The van der Waals surface area contributed by atoms with Gasteiger partial charge in [-0.2, -0.15) is 0 Å². The van der Waals surface area contributed by atoms with Crippen molar-refractivity contribution in [1.29, 1.82) is 0 Å². The van der Waals surface area contributed by atoms with Gasteiger partial charge < -0.3 is 4.74 Å². The Morgan fingerprint density at radius 3 is 2.53 bits per heavy atom. The van der Waals surface area contributed by atoms with Crippen LogP contribution in [0.25, 0.3) is 0 Å². The number of hydrogen-bond acceptors (Lipinski definition) is 1. The Bertz CT molecular complexity index is 604. The summed E-state index contributed by atoms with van der Waals surface area (Å²) in [6.07, 6.45) is 0. The summed E-state index contributed by atoms with van der Waals surface area (Å²) in [6, 6.07) is 9.93. The summed E-state index contributed by atoms with van der Waals surface area (Å²) < 4.78 is 18.5. The highest BCUT2D eigenvalue weighted by atomic mass is 79.9. The molecule has 0 amide bonds. The molecule has 0 aliphatic carbocycles. The van der Waals surface area contributed by atoms with Crippen molar-refractivity contribution in [2.24, 2.45) is 0 Å². The van der Waals surface area contributed by atoms with Crippen LogP contribution in [0.4, 0.5) is 4.39 Å². The largest absolute Gasteiger partial charge is 0.496 e. The van der Waals surface area contributed by atoms with Crippen molar-refractivity contribution in [3.8, 4) is 5.75 Å². The van der Waals surface area contributed by atoms with E-state index in [1.807, 2.05) is 0 Å². The van der Waals surface area contributed by atoms with Crippen molar-refractivity contribution in [3.05, 3.63) is 63.4 Å². The van der Waals surface area contributed by atoms with E-state index in [0.29, 0.717) is 10.8 Å². The third kappa shape index (κ3) is 3.22. The highest BCUT2D eigenvalue weighted by Crippen LogP contribution is 2.38. The minimum atomic E-state index is -0.442. The molecule has 5 heteroatoms. The maximum Gasteiger partial charge on any atom is 0.141 e. The van der Waals surface area contributed by atoms with Crippen LogP contribution < -0.4 is 4.74 Å². The predicted molar refractivity (Wildman–Crippen MR) is 80.2 cm³/mol. The number of halogens is 4. The Hall–Kier alpha value is -0.770. The molecule has 2 aromatic rings. The summed E-state index contributed by atoms with van der Waals surface area (Å²) in [5.74, 6) is 0.259. The van der Waals surface area contributed by atoms with Gasteiger partial charge in [-0.3, -0.25) is 0 Å². The van der Waals surface area contributed by atoms with E-state index in [9.17, 15) is 4.39 Å². The number of rotatable bonds is 3. The highest BCUT2D eigenvalue weighted by molar-refractivity contribution is 9.09. The number of methoxy groups -OCH3 is 1. The van der Waals surface area contributed by atoms with Gasteiger partial charge in [0.25, 0.3) is 0 Å². The average Bonchev–Trinajstić information content (AvgIpc) is 2.41. The molecule has 0 aliphatic rings. The third-order valence-electron chi connectivity index (χ3n) is 2.70. The Balaban J connectivity index is 2.45. The van der Waals surface area contributed by atoms with Gasteiger partial charge in [-0.05, 0) is 35.9 Å². The topological polar surface area (TPSA) is 9.23 Å². The van der Waals surface area contributed by atoms with Gasteiger partial charge in [0.15, 0.2) is 0 Å². The first kappa shape index (κ1) is 14.6. The second kappa shape index (κ2) is 6.12. The summed E-state index contributed by atoms with van der Waals surface area (Å²) in [4.78, 5) is -0.181. The molecule has 0 heterocycles. The monoisotopic (exact) mass is 362 g/mol. The molecule has 1 nitrogen and oxygen atoms in total. The molecular weight excluding hydrogens is 354 g/mol. The molecule has 0 N–H and O–H groups in total. The van der Waals surface area contributed by atoms with E-state index in [-0.39, 0.29) is 9.85 Å². The number of alkyl halides is 1. The van der Waals surface area contributed by atoms with E-state index in [1.165, 1.54) is 6.07 Å². The predicted octanol–water partition coefficient (Wildman–Crippen LogP) is 5.63. The maximum absolute atomic E-state index is 13.2. The van der Waals surface area contributed by atoms with Gasteiger partial charge in [0, 0.05) is 10.6 Å². The minimum absolute atomic E-state index is 0.0861. The molecule has 0 fully saturated rings. The molecule has 0 bridgehead atoms. The van der Waals surface area contributed by atoms with Gasteiger partial charge in [-0.15, -0.1) is 0 Å². The van der Waals surface area contributed by atoms with E-state index >= 15 is 0 Å². The van der Waals surface area contributed by atoms with Gasteiger partial charge in [-0.25, -0.2) is 4.39 Å². The quantitative estimate of drug-likeness (QED) is 0.642. The van der Waals surface area contributed by atoms with Crippen LogP contribution in [0.15, 0.2) is 36.4 Å². The van der Waals surface area contributed by atoms with Crippen LogP contribution in [0.1, 0.15) is 16.0 Å². The minimum Gasteiger partial charge on any atom is -0.496 e. The van der Waals surface area contributed by atoms with Crippen molar-refractivity contribution in [3.63, 3.8) is 0 Å². The van der Waals surface area contributed by atoms with Crippen LogP contribution in [-0.4, -0.2) is 7.11 Å². The molecule has 100 valence electrons. The van der Waals surface area contributed by atoms with E-state index in [1.54, 1.807) is 37.4 Å². The molecule has 1 unspecified atom stereocenters. The fourth-order valence-corrected chi connectivity index (χ4v) is 2.76. The summed E-state index contributed by atoms with van der Waals surface area (Å²) in [7, 11) is 1.59. The molecule has 0 saturated carbocycles. The number of hydrogen-bond donors (Lipinski definition) is 0. The van der Waals surface area contributed by atoms with E-state index in [4.69, 9.17) is 27.9 Å². The lowest BCUT2D eigenvalue weighted by atomic mass is 10.0. The first-order valence-corrected chi connectivity index (χ1v) is 7.12. The fraction of sp³-hybridized carbons (Fsp3) is 0.143. The van der Waals surface area contributed by atoms with E-state index in [2.05, 4.69) is 15.9 Å². The van der Waals surface area contributed by atoms with Crippen molar-refractivity contribution in [1.82, 2.24) is 0 Å². The van der Waals surface area contributed by atoms with Crippen LogP contribution in [0.3, 0.4) is 0 Å². The molecule has 0 radical (unpaired) electrons. The van der Waals surface area contributed by atoms with Gasteiger partial charge >= 0.3 is 0 Å².